The van der Waals surface area contributed by atoms with Crippen LogP contribution in [0.4, 0.5) is 4.79 Å². The molecular weight excluding hydrogens is 294 g/mol. The fraction of sp³-hybridized carbons (Fsp3) is 0.889. The van der Waals surface area contributed by atoms with Gasteiger partial charge in [-0.1, -0.05) is 46.0 Å². The van der Waals surface area contributed by atoms with E-state index in [1.165, 1.54) is 19.3 Å². The molecule has 0 aromatic heterocycles. The standard InChI is InChI=1S/C18H33NO4/c1-13(2)18(15(20)21,11-14-9-7-6-8-10-14)12-19-16(22)23-17(3,4)5/h13-14H,6-12H2,1-5H3,(H,19,22)(H,20,21). The molecule has 0 spiro atoms. The molecule has 1 saturated carbocycles. The summed E-state index contributed by atoms with van der Waals surface area (Å²) in [7, 11) is 0. The van der Waals surface area contributed by atoms with Crippen molar-refractivity contribution in [3.05, 3.63) is 0 Å². The number of carboxylic acid groups (broad SMARTS) is 1. The fourth-order valence-corrected chi connectivity index (χ4v) is 3.37. The van der Waals surface area contributed by atoms with Crippen molar-refractivity contribution in [3.8, 4) is 0 Å². The minimum atomic E-state index is -0.932. The van der Waals surface area contributed by atoms with E-state index in [0.29, 0.717) is 12.3 Å². The Kier molecular flexibility index (Phi) is 6.90. The molecule has 23 heavy (non-hydrogen) atoms. The van der Waals surface area contributed by atoms with Crippen molar-refractivity contribution in [2.45, 2.75) is 78.7 Å². The number of aliphatic carboxylic acids is 1. The van der Waals surface area contributed by atoms with Crippen LogP contribution in [0.5, 0.6) is 0 Å². The number of amides is 1. The van der Waals surface area contributed by atoms with Crippen LogP contribution in [0.25, 0.3) is 0 Å². The number of hydrogen-bond acceptors (Lipinski definition) is 3. The molecular formula is C18H33NO4. The molecule has 0 saturated heterocycles. The van der Waals surface area contributed by atoms with E-state index in [1.54, 1.807) is 20.8 Å². The lowest BCUT2D eigenvalue weighted by atomic mass is 9.68. The molecule has 5 nitrogen and oxygen atoms in total. The van der Waals surface area contributed by atoms with Crippen molar-refractivity contribution in [1.29, 1.82) is 0 Å². The van der Waals surface area contributed by atoms with Gasteiger partial charge in [0.05, 0.1) is 5.41 Å². The van der Waals surface area contributed by atoms with Gasteiger partial charge in [-0.3, -0.25) is 4.79 Å². The number of rotatable bonds is 6. The van der Waals surface area contributed by atoms with Gasteiger partial charge in [0.1, 0.15) is 5.60 Å². The van der Waals surface area contributed by atoms with Crippen molar-refractivity contribution in [2.24, 2.45) is 17.3 Å². The van der Waals surface area contributed by atoms with Gasteiger partial charge in [-0.2, -0.15) is 0 Å². The Hall–Kier alpha value is -1.26. The molecule has 1 rings (SSSR count). The maximum atomic E-state index is 12.0. The Morgan fingerprint density at radius 2 is 1.74 bits per heavy atom. The summed E-state index contributed by atoms with van der Waals surface area (Å²) in [6.45, 7) is 9.34. The summed E-state index contributed by atoms with van der Waals surface area (Å²) in [6, 6.07) is 0. The van der Waals surface area contributed by atoms with Crippen molar-refractivity contribution >= 4 is 12.1 Å². The molecule has 0 aliphatic heterocycles. The average Bonchev–Trinajstić information content (AvgIpc) is 2.42. The molecule has 2 N–H and O–H groups in total. The third-order valence-corrected chi connectivity index (χ3v) is 4.86. The molecule has 0 bridgehead atoms. The molecule has 5 heteroatoms. The van der Waals surface area contributed by atoms with E-state index in [9.17, 15) is 14.7 Å². The zero-order chi connectivity index (χ0) is 17.7. The topological polar surface area (TPSA) is 75.6 Å². The zero-order valence-corrected chi connectivity index (χ0v) is 15.3. The minimum absolute atomic E-state index is 0.0585. The molecule has 1 atom stereocenters. The highest BCUT2D eigenvalue weighted by Gasteiger charge is 2.44. The van der Waals surface area contributed by atoms with Crippen molar-refractivity contribution in [2.75, 3.05) is 6.54 Å². The van der Waals surface area contributed by atoms with Gasteiger partial charge in [0.2, 0.25) is 0 Å². The third kappa shape index (κ3) is 6.04. The van der Waals surface area contributed by atoms with Crippen LogP contribution in [0.2, 0.25) is 0 Å². The lowest BCUT2D eigenvalue weighted by Gasteiger charge is -2.37. The second kappa shape index (κ2) is 8.02. The van der Waals surface area contributed by atoms with Crippen LogP contribution in [-0.4, -0.2) is 29.3 Å². The van der Waals surface area contributed by atoms with Crippen LogP contribution in [0.15, 0.2) is 0 Å². The minimum Gasteiger partial charge on any atom is -0.481 e. The number of carbonyl (C=O) groups is 2. The molecule has 1 aliphatic carbocycles. The summed E-state index contributed by atoms with van der Waals surface area (Å²) < 4.78 is 5.24. The predicted octanol–water partition coefficient (Wildman–Crippen LogP) is 4.21. The lowest BCUT2D eigenvalue weighted by molar-refractivity contribution is -0.153. The van der Waals surface area contributed by atoms with Crippen molar-refractivity contribution in [3.63, 3.8) is 0 Å². The van der Waals surface area contributed by atoms with Gasteiger partial charge in [0.25, 0.3) is 0 Å². The molecule has 1 aliphatic rings. The van der Waals surface area contributed by atoms with Crippen LogP contribution in [0.1, 0.15) is 73.1 Å². The maximum absolute atomic E-state index is 12.0. The monoisotopic (exact) mass is 327 g/mol. The highest BCUT2D eigenvalue weighted by Crippen LogP contribution is 2.39. The van der Waals surface area contributed by atoms with Crippen LogP contribution in [-0.2, 0) is 9.53 Å². The Morgan fingerprint density at radius 1 is 1.17 bits per heavy atom. The van der Waals surface area contributed by atoms with Gasteiger partial charge in [0, 0.05) is 6.54 Å². The summed E-state index contributed by atoms with van der Waals surface area (Å²) >= 11 is 0. The van der Waals surface area contributed by atoms with E-state index in [0.717, 1.165) is 12.8 Å². The predicted molar refractivity (Wildman–Crippen MR) is 90.3 cm³/mol. The van der Waals surface area contributed by atoms with E-state index in [2.05, 4.69) is 5.32 Å². The zero-order valence-electron chi connectivity index (χ0n) is 15.3. The Balaban J connectivity index is 2.78. The average molecular weight is 327 g/mol. The molecule has 0 heterocycles. The molecule has 134 valence electrons. The van der Waals surface area contributed by atoms with Gasteiger partial charge in [-0.15, -0.1) is 0 Å². The number of carboxylic acids is 1. The van der Waals surface area contributed by atoms with Gasteiger partial charge < -0.3 is 15.2 Å². The van der Waals surface area contributed by atoms with Gasteiger partial charge >= 0.3 is 12.1 Å². The smallest absolute Gasteiger partial charge is 0.407 e. The van der Waals surface area contributed by atoms with Crippen molar-refractivity contribution in [1.82, 2.24) is 5.32 Å². The Morgan fingerprint density at radius 3 is 2.17 bits per heavy atom. The van der Waals surface area contributed by atoms with Gasteiger partial charge in [0.15, 0.2) is 0 Å². The summed E-state index contributed by atoms with van der Waals surface area (Å²) in [5.74, 6) is -0.450. The summed E-state index contributed by atoms with van der Waals surface area (Å²) in [6.07, 6.45) is 5.86. The molecule has 1 amide bonds. The number of alkyl carbamates (subject to hydrolysis) is 1. The number of nitrogens with one attached hydrogen (secondary N) is 1. The van der Waals surface area contributed by atoms with E-state index in [4.69, 9.17) is 4.74 Å². The summed E-state index contributed by atoms with van der Waals surface area (Å²) in [4.78, 5) is 24.0. The van der Waals surface area contributed by atoms with Gasteiger partial charge in [-0.25, -0.2) is 4.79 Å². The molecule has 0 radical (unpaired) electrons. The lowest BCUT2D eigenvalue weighted by Crippen LogP contribution is -2.48. The highest BCUT2D eigenvalue weighted by molar-refractivity contribution is 5.77. The Labute approximate surface area is 140 Å². The van der Waals surface area contributed by atoms with Crippen LogP contribution < -0.4 is 5.32 Å². The van der Waals surface area contributed by atoms with Crippen molar-refractivity contribution < 1.29 is 19.4 Å². The second-order valence-corrected chi connectivity index (χ2v) is 8.18. The van der Waals surface area contributed by atoms with E-state index < -0.39 is 23.1 Å². The van der Waals surface area contributed by atoms with E-state index in [-0.39, 0.29) is 12.5 Å². The first-order valence-electron chi connectivity index (χ1n) is 8.77. The largest absolute Gasteiger partial charge is 0.481 e. The normalized spacial score (nSPS) is 19.2. The van der Waals surface area contributed by atoms with Crippen LogP contribution in [0, 0.1) is 17.3 Å². The summed E-state index contributed by atoms with van der Waals surface area (Å²) in [5.41, 5.74) is -1.52. The molecule has 0 aromatic rings. The quantitative estimate of drug-likeness (QED) is 0.766. The number of carbonyl (C=O) groups excluding carboxylic acids is 1. The third-order valence-electron chi connectivity index (χ3n) is 4.86. The number of ether oxygens (including phenoxy) is 1. The number of hydrogen-bond donors (Lipinski definition) is 2. The first kappa shape index (κ1) is 19.8. The van der Waals surface area contributed by atoms with Gasteiger partial charge in [-0.05, 0) is 39.0 Å². The van der Waals surface area contributed by atoms with Crippen LogP contribution >= 0.6 is 0 Å². The maximum Gasteiger partial charge on any atom is 0.407 e. The SMILES string of the molecule is CC(C)C(CNC(=O)OC(C)(C)C)(CC1CCCCC1)C(=O)O. The van der Waals surface area contributed by atoms with Crippen LogP contribution in [0.3, 0.4) is 0 Å². The molecule has 1 fully saturated rings. The first-order valence-corrected chi connectivity index (χ1v) is 8.77. The summed E-state index contributed by atoms with van der Waals surface area (Å²) in [5, 5.41) is 12.6. The first-order chi connectivity index (χ1) is 10.6. The fourth-order valence-electron chi connectivity index (χ4n) is 3.37. The van der Waals surface area contributed by atoms with E-state index in [1.807, 2.05) is 13.8 Å². The Bertz CT molecular complexity index is 408. The molecule has 0 aromatic carbocycles. The van der Waals surface area contributed by atoms with E-state index >= 15 is 0 Å². The highest BCUT2D eigenvalue weighted by atomic mass is 16.6. The second-order valence-electron chi connectivity index (χ2n) is 8.18. The molecule has 1 unspecified atom stereocenters.